The summed E-state index contributed by atoms with van der Waals surface area (Å²) >= 11 is 5.92. The second-order valence-electron chi connectivity index (χ2n) is 10.1. The average molecular weight is 415 g/mol. The summed E-state index contributed by atoms with van der Waals surface area (Å²) in [6.45, 7) is 1.47. The summed E-state index contributed by atoms with van der Waals surface area (Å²) in [6.07, 6.45) is 9.58. The number of hydrogen-bond donors (Lipinski definition) is 1. The highest BCUT2D eigenvalue weighted by molar-refractivity contribution is 6.30. The van der Waals surface area contributed by atoms with E-state index in [1.807, 2.05) is 29.2 Å². The molecule has 1 saturated heterocycles. The average Bonchev–Trinajstić information content (AvgIpc) is 2.69. The fraction of sp³-hybridized carbons (Fsp3) is 0.667. The highest BCUT2D eigenvalue weighted by Gasteiger charge is 2.54. The van der Waals surface area contributed by atoms with Crippen molar-refractivity contribution in [1.82, 2.24) is 10.2 Å². The van der Waals surface area contributed by atoms with Gasteiger partial charge in [-0.15, -0.1) is 0 Å². The number of halogens is 1. The minimum atomic E-state index is -0.0731. The third-order valence-electron chi connectivity index (χ3n) is 7.97. The molecule has 1 aromatic rings. The topological polar surface area (TPSA) is 49.4 Å². The Bertz CT molecular complexity index is 747. The fourth-order valence-electron chi connectivity index (χ4n) is 6.89. The van der Waals surface area contributed by atoms with Gasteiger partial charge in [0.2, 0.25) is 11.8 Å². The first-order chi connectivity index (χ1) is 14.0. The molecule has 0 spiro atoms. The molecular formula is C24H31ClN2O2. The van der Waals surface area contributed by atoms with Crippen molar-refractivity contribution >= 4 is 23.4 Å². The van der Waals surface area contributed by atoms with Crippen LogP contribution in [-0.4, -0.2) is 35.8 Å². The Kier molecular flexibility index (Phi) is 5.09. The van der Waals surface area contributed by atoms with E-state index in [2.05, 4.69) is 5.32 Å². The van der Waals surface area contributed by atoms with Crippen LogP contribution in [0.5, 0.6) is 0 Å². The highest BCUT2D eigenvalue weighted by atomic mass is 35.5. The molecule has 4 saturated carbocycles. The summed E-state index contributed by atoms with van der Waals surface area (Å²) in [7, 11) is 0. The Balaban J connectivity index is 1.13. The standard InChI is InChI=1S/C24H31ClN2O2/c25-20-3-1-16(2-4-20)12-22(28)27-7-5-21(6-8-27)26-23(29)24-13-17-9-18(14-24)11-19(10-17)15-24/h1-4,17-19,21H,5-15H2,(H,26,29). The molecule has 5 aliphatic rings. The maximum atomic E-state index is 13.2. The van der Waals surface area contributed by atoms with Gasteiger partial charge in [-0.25, -0.2) is 0 Å². The van der Waals surface area contributed by atoms with E-state index in [1.54, 1.807) is 0 Å². The number of amides is 2. The van der Waals surface area contributed by atoms with Gasteiger partial charge in [0.25, 0.3) is 0 Å². The van der Waals surface area contributed by atoms with Crippen LogP contribution in [0.2, 0.25) is 5.02 Å². The third kappa shape index (κ3) is 3.93. The van der Waals surface area contributed by atoms with E-state index in [9.17, 15) is 9.59 Å². The lowest BCUT2D eigenvalue weighted by Crippen LogP contribution is -2.56. The van der Waals surface area contributed by atoms with Crippen molar-refractivity contribution in [1.29, 1.82) is 0 Å². The molecule has 4 aliphatic carbocycles. The van der Waals surface area contributed by atoms with Gasteiger partial charge in [-0.3, -0.25) is 9.59 Å². The minimum Gasteiger partial charge on any atom is -0.353 e. The van der Waals surface area contributed by atoms with Crippen LogP contribution >= 0.6 is 11.6 Å². The van der Waals surface area contributed by atoms with Crippen LogP contribution in [0, 0.1) is 23.2 Å². The van der Waals surface area contributed by atoms with Crippen molar-refractivity contribution in [2.24, 2.45) is 23.2 Å². The van der Waals surface area contributed by atoms with Crippen molar-refractivity contribution in [2.75, 3.05) is 13.1 Å². The van der Waals surface area contributed by atoms with Gasteiger partial charge in [0.1, 0.15) is 0 Å². The zero-order valence-electron chi connectivity index (χ0n) is 17.0. The molecule has 5 heteroatoms. The van der Waals surface area contributed by atoms with E-state index in [-0.39, 0.29) is 17.4 Å². The predicted octanol–water partition coefficient (Wildman–Crippen LogP) is 4.21. The second kappa shape index (κ2) is 7.61. The molecule has 0 radical (unpaired) electrons. The quantitative estimate of drug-likeness (QED) is 0.802. The number of piperidine rings is 1. The molecule has 1 aromatic carbocycles. The van der Waals surface area contributed by atoms with Crippen molar-refractivity contribution in [3.05, 3.63) is 34.9 Å². The number of nitrogens with one attached hydrogen (secondary N) is 1. The highest BCUT2D eigenvalue weighted by Crippen LogP contribution is 2.60. The van der Waals surface area contributed by atoms with E-state index in [1.165, 1.54) is 19.3 Å². The molecule has 2 amide bonds. The zero-order chi connectivity index (χ0) is 20.0. The van der Waals surface area contributed by atoms with Crippen LogP contribution in [0.3, 0.4) is 0 Å². The molecule has 29 heavy (non-hydrogen) atoms. The molecule has 156 valence electrons. The summed E-state index contributed by atoms with van der Waals surface area (Å²) < 4.78 is 0. The minimum absolute atomic E-state index is 0.0731. The van der Waals surface area contributed by atoms with Crippen LogP contribution in [0.1, 0.15) is 56.9 Å². The van der Waals surface area contributed by atoms with Gasteiger partial charge in [0.05, 0.1) is 6.42 Å². The number of carbonyl (C=O) groups is 2. The SMILES string of the molecule is O=C(Cc1ccc(Cl)cc1)N1CCC(NC(=O)C23CC4CC(CC(C4)C2)C3)CC1. The van der Waals surface area contributed by atoms with E-state index < -0.39 is 0 Å². The van der Waals surface area contributed by atoms with Crippen molar-refractivity contribution in [3.63, 3.8) is 0 Å². The lowest BCUT2D eigenvalue weighted by molar-refractivity contribution is -0.147. The second-order valence-corrected chi connectivity index (χ2v) is 10.6. The Morgan fingerprint density at radius 2 is 1.52 bits per heavy atom. The van der Waals surface area contributed by atoms with Crippen LogP contribution in [0.4, 0.5) is 0 Å². The van der Waals surface area contributed by atoms with Gasteiger partial charge in [0.15, 0.2) is 0 Å². The summed E-state index contributed by atoms with van der Waals surface area (Å²) in [5, 5.41) is 4.09. The van der Waals surface area contributed by atoms with Gasteiger partial charge >= 0.3 is 0 Å². The van der Waals surface area contributed by atoms with Crippen molar-refractivity contribution in [2.45, 2.75) is 63.8 Å². The molecule has 1 aliphatic heterocycles. The number of hydrogen-bond acceptors (Lipinski definition) is 2. The number of rotatable bonds is 4. The Morgan fingerprint density at radius 3 is 2.07 bits per heavy atom. The molecule has 1 heterocycles. The van der Waals surface area contributed by atoms with Crippen LogP contribution < -0.4 is 5.32 Å². The molecule has 0 atom stereocenters. The molecular weight excluding hydrogens is 384 g/mol. The monoisotopic (exact) mass is 414 g/mol. The first-order valence-electron chi connectivity index (χ1n) is 11.3. The van der Waals surface area contributed by atoms with E-state index in [4.69, 9.17) is 11.6 Å². The lowest BCUT2D eigenvalue weighted by Gasteiger charge is -2.56. The first kappa shape index (κ1) is 19.4. The van der Waals surface area contributed by atoms with Gasteiger partial charge in [-0.1, -0.05) is 23.7 Å². The molecule has 0 aromatic heterocycles. The third-order valence-corrected chi connectivity index (χ3v) is 8.22. The van der Waals surface area contributed by atoms with Crippen molar-refractivity contribution in [3.8, 4) is 0 Å². The first-order valence-corrected chi connectivity index (χ1v) is 11.7. The van der Waals surface area contributed by atoms with E-state index in [0.29, 0.717) is 17.4 Å². The summed E-state index contributed by atoms with van der Waals surface area (Å²) in [5.41, 5.74) is 0.924. The molecule has 4 bridgehead atoms. The molecule has 6 rings (SSSR count). The number of nitrogens with zero attached hydrogens (tertiary/aromatic N) is 1. The number of carbonyl (C=O) groups excluding carboxylic acids is 2. The van der Waals surface area contributed by atoms with Crippen molar-refractivity contribution < 1.29 is 9.59 Å². The smallest absolute Gasteiger partial charge is 0.226 e. The van der Waals surface area contributed by atoms with Crippen LogP contribution in [0.25, 0.3) is 0 Å². The number of likely N-dealkylation sites (tertiary alicyclic amines) is 1. The number of benzene rings is 1. The van der Waals surface area contributed by atoms with Gasteiger partial charge < -0.3 is 10.2 Å². The summed E-state index contributed by atoms with van der Waals surface area (Å²) in [5.74, 6) is 2.86. The zero-order valence-corrected chi connectivity index (χ0v) is 17.8. The molecule has 5 fully saturated rings. The summed E-state index contributed by atoms with van der Waals surface area (Å²) in [6, 6.07) is 7.71. The summed E-state index contributed by atoms with van der Waals surface area (Å²) in [4.78, 5) is 27.8. The molecule has 4 nitrogen and oxygen atoms in total. The van der Waals surface area contributed by atoms with E-state index >= 15 is 0 Å². The van der Waals surface area contributed by atoms with Crippen LogP contribution in [-0.2, 0) is 16.0 Å². The fourth-order valence-corrected chi connectivity index (χ4v) is 7.02. The lowest BCUT2D eigenvalue weighted by atomic mass is 9.49. The predicted molar refractivity (Wildman–Crippen MR) is 114 cm³/mol. The van der Waals surface area contributed by atoms with Crippen LogP contribution in [0.15, 0.2) is 24.3 Å². The Morgan fingerprint density at radius 1 is 0.966 bits per heavy atom. The van der Waals surface area contributed by atoms with Gasteiger partial charge in [0, 0.05) is 29.6 Å². The Hall–Kier alpha value is -1.55. The van der Waals surface area contributed by atoms with E-state index in [0.717, 1.165) is 68.5 Å². The maximum absolute atomic E-state index is 13.2. The van der Waals surface area contributed by atoms with Gasteiger partial charge in [-0.05, 0) is 86.8 Å². The molecule has 0 unspecified atom stereocenters. The maximum Gasteiger partial charge on any atom is 0.226 e. The normalized spacial score (nSPS) is 33.7. The van der Waals surface area contributed by atoms with Gasteiger partial charge in [-0.2, -0.15) is 0 Å². The largest absolute Gasteiger partial charge is 0.353 e. The molecule has 1 N–H and O–H groups in total. The Labute approximate surface area is 178 Å².